The number of hydrogen-bond acceptors (Lipinski definition) is 5. The fraction of sp³-hybridized carbons (Fsp3) is 0.238. The topological polar surface area (TPSA) is 83.3 Å². The van der Waals surface area contributed by atoms with Crippen molar-refractivity contribution in [2.75, 3.05) is 13.3 Å². The number of rotatable bonds is 3. The summed E-state index contributed by atoms with van der Waals surface area (Å²) in [5.74, 6) is 1.35. The first-order valence-corrected chi connectivity index (χ1v) is 9.15. The van der Waals surface area contributed by atoms with E-state index in [9.17, 15) is 4.79 Å². The zero-order valence-corrected chi connectivity index (χ0v) is 15.1. The summed E-state index contributed by atoms with van der Waals surface area (Å²) in [6.07, 6.45) is 0.790. The maximum absolute atomic E-state index is 13.0. The van der Waals surface area contributed by atoms with E-state index in [4.69, 9.17) is 14.7 Å². The van der Waals surface area contributed by atoms with Crippen LogP contribution in [-0.2, 0) is 19.5 Å². The van der Waals surface area contributed by atoms with Gasteiger partial charge in [0.15, 0.2) is 11.5 Å². The van der Waals surface area contributed by atoms with E-state index < -0.39 is 0 Å². The molecule has 7 nitrogen and oxygen atoms in total. The molecule has 2 aromatic carbocycles. The zero-order chi connectivity index (χ0) is 19.1. The fourth-order valence-corrected chi connectivity index (χ4v) is 3.74. The molecule has 28 heavy (non-hydrogen) atoms. The van der Waals surface area contributed by atoms with Gasteiger partial charge in [0.05, 0.1) is 22.9 Å². The first-order valence-electron chi connectivity index (χ1n) is 9.15. The van der Waals surface area contributed by atoms with Crippen LogP contribution in [0.4, 0.5) is 0 Å². The number of nitriles is 1. The van der Waals surface area contributed by atoms with Crippen LogP contribution >= 0.6 is 0 Å². The van der Waals surface area contributed by atoms with Gasteiger partial charge < -0.3 is 9.47 Å². The maximum Gasteiger partial charge on any atom is 0.275 e. The molecular weight excluding hydrogens is 356 g/mol. The molecule has 0 aliphatic carbocycles. The molecular formula is C21H18N4O3. The molecule has 2 aliphatic rings. The molecule has 7 heteroatoms. The van der Waals surface area contributed by atoms with Crippen molar-refractivity contribution in [2.24, 2.45) is 0 Å². The number of nitrogens with zero attached hydrogens (tertiary/aromatic N) is 3. The summed E-state index contributed by atoms with van der Waals surface area (Å²) >= 11 is 0. The minimum Gasteiger partial charge on any atom is -0.454 e. The van der Waals surface area contributed by atoms with Crippen molar-refractivity contribution in [1.29, 1.82) is 5.26 Å². The summed E-state index contributed by atoms with van der Waals surface area (Å²) in [7, 11) is 0. The first-order chi connectivity index (χ1) is 13.7. The summed E-state index contributed by atoms with van der Waals surface area (Å²) in [5, 5.41) is 12.2. The van der Waals surface area contributed by atoms with E-state index >= 15 is 0 Å². The van der Waals surface area contributed by atoms with Gasteiger partial charge in [-0.25, -0.2) is 4.68 Å². The number of aromatic nitrogens is 2. The summed E-state index contributed by atoms with van der Waals surface area (Å²) in [6.45, 7) is 2.43. The number of H-pyrrole nitrogens is 1. The minimum absolute atomic E-state index is 0.0293. The largest absolute Gasteiger partial charge is 0.454 e. The molecule has 0 bridgehead atoms. The molecule has 0 spiro atoms. The average Bonchev–Trinajstić information content (AvgIpc) is 3.32. The molecule has 2 aliphatic heterocycles. The van der Waals surface area contributed by atoms with Crippen LogP contribution in [0.25, 0.3) is 5.69 Å². The predicted molar refractivity (Wildman–Crippen MR) is 101 cm³/mol. The Kier molecular flexibility index (Phi) is 3.92. The second-order valence-corrected chi connectivity index (χ2v) is 7.02. The minimum atomic E-state index is -0.0293. The molecule has 3 heterocycles. The highest BCUT2D eigenvalue weighted by molar-refractivity contribution is 5.50. The van der Waals surface area contributed by atoms with E-state index in [-0.39, 0.29) is 12.4 Å². The van der Waals surface area contributed by atoms with Crippen LogP contribution in [0.5, 0.6) is 11.5 Å². The van der Waals surface area contributed by atoms with Crippen LogP contribution in [0.3, 0.4) is 0 Å². The SMILES string of the molecule is N#Cc1ccc(CN2CCc3[nH]n(-c4ccc5c(c4)OCO5)c(=O)c3C2)cc1. The highest BCUT2D eigenvalue weighted by Crippen LogP contribution is 2.33. The van der Waals surface area contributed by atoms with Crippen molar-refractivity contribution < 1.29 is 9.47 Å². The van der Waals surface area contributed by atoms with E-state index in [1.54, 1.807) is 4.68 Å². The van der Waals surface area contributed by atoms with Crippen molar-refractivity contribution in [1.82, 2.24) is 14.7 Å². The molecule has 0 unspecified atom stereocenters. The predicted octanol–water partition coefficient (Wildman–Crippen LogP) is 2.32. The molecule has 0 radical (unpaired) electrons. The Labute approximate surface area is 161 Å². The molecule has 140 valence electrons. The number of ether oxygens (including phenoxy) is 2. The summed E-state index contributed by atoms with van der Waals surface area (Å²) in [6, 6.07) is 15.2. The molecule has 0 saturated heterocycles. The van der Waals surface area contributed by atoms with Gasteiger partial charge in [-0.3, -0.25) is 14.8 Å². The Balaban J connectivity index is 1.39. The van der Waals surface area contributed by atoms with Crippen LogP contribution in [-0.4, -0.2) is 28.0 Å². The number of fused-ring (bicyclic) bond motifs is 2. The molecule has 3 aromatic rings. The van der Waals surface area contributed by atoms with Gasteiger partial charge in [0.25, 0.3) is 5.56 Å². The van der Waals surface area contributed by atoms with Crippen LogP contribution in [0.1, 0.15) is 22.4 Å². The zero-order valence-electron chi connectivity index (χ0n) is 15.1. The van der Waals surface area contributed by atoms with Crippen LogP contribution in [0.2, 0.25) is 0 Å². The van der Waals surface area contributed by atoms with E-state index in [0.717, 1.165) is 42.0 Å². The van der Waals surface area contributed by atoms with Gasteiger partial charge in [0.1, 0.15) is 0 Å². The second kappa shape index (κ2) is 6.59. The quantitative estimate of drug-likeness (QED) is 0.761. The fourth-order valence-electron chi connectivity index (χ4n) is 3.74. The summed E-state index contributed by atoms with van der Waals surface area (Å²) < 4.78 is 12.3. The Morgan fingerprint density at radius 1 is 1.11 bits per heavy atom. The Morgan fingerprint density at radius 3 is 2.75 bits per heavy atom. The number of nitrogens with one attached hydrogen (secondary N) is 1. The monoisotopic (exact) mass is 374 g/mol. The van der Waals surface area contributed by atoms with E-state index in [1.165, 1.54) is 0 Å². The number of aromatic amines is 1. The van der Waals surface area contributed by atoms with Crippen molar-refractivity contribution >= 4 is 0 Å². The maximum atomic E-state index is 13.0. The Hall–Kier alpha value is -3.50. The van der Waals surface area contributed by atoms with Gasteiger partial charge in [-0.05, 0) is 29.8 Å². The average molecular weight is 374 g/mol. The van der Waals surface area contributed by atoms with Crippen LogP contribution in [0.15, 0.2) is 47.3 Å². The normalized spacial score (nSPS) is 15.2. The molecule has 0 fully saturated rings. The molecule has 5 rings (SSSR count). The lowest BCUT2D eigenvalue weighted by Gasteiger charge is -2.25. The van der Waals surface area contributed by atoms with E-state index in [0.29, 0.717) is 23.6 Å². The molecule has 1 aromatic heterocycles. The van der Waals surface area contributed by atoms with E-state index in [2.05, 4.69) is 16.1 Å². The van der Waals surface area contributed by atoms with Crippen molar-refractivity contribution in [3.63, 3.8) is 0 Å². The van der Waals surface area contributed by atoms with Crippen molar-refractivity contribution in [3.05, 3.63) is 75.2 Å². The number of hydrogen-bond donors (Lipinski definition) is 1. The first kappa shape index (κ1) is 16.7. The third kappa shape index (κ3) is 2.84. The molecule has 0 atom stereocenters. The van der Waals surface area contributed by atoms with Gasteiger partial charge in [0, 0.05) is 37.8 Å². The van der Waals surface area contributed by atoms with Crippen LogP contribution < -0.4 is 15.0 Å². The lowest BCUT2D eigenvalue weighted by molar-refractivity contribution is 0.174. The van der Waals surface area contributed by atoms with Gasteiger partial charge in [0.2, 0.25) is 6.79 Å². The molecule has 0 amide bonds. The third-order valence-corrected chi connectivity index (χ3v) is 5.24. The smallest absolute Gasteiger partial charge is 0.275 e. The lowest BCUT2D eigenvalue weighted by Crippen LogP contribution is -2.32. The standard InChI is InChI=1S/C21H18N4O3/c22-10-14-1-3-15(4-2-14)11-24-8-7-18-17(12-24)21(26)25(23-18)16-5-6-19-20(9-16)28-13-27-19/h1-6,9,23H,7-8,11-13H2. The van der Waals surface area contributed by atoms with Gasteiger partial charge in [-0.2, -0.15) is 5.26 Å². The lowest BCUT2D eigenvalue weighted by atomic mass is 10.1. The summed E-state index contributed by atoms with van der Waals surface area (Å²) in [5.41, 5.74) is 4.29. The van der Waals surface area contributed by atoms with Gasteiger partial charge in [-0.1, -0.05) is 12.1 Å². The van der Waals surface area contributed by atoms with Gasteiger partial charge in [-0.15, -0.1) is 0 Å². The highest BCUT2D eigenvalue weighted by atomic mass is 16.7. The third-order valence-electron chi connectivity index (χ3n) is 5.24. The molecule has 0 saturated carbocycles. The Morgan fingerprint density at radius 2 is 1.93 bits per heavy atom. The molecule has 1 N–H and O–H groups in total. The highest BCUT2D eigenvalue weighted by Gasteiger charge is 2.24. The van der Waals surface area contributed by atoms with Crippen molar-refractivity contribution in [3.8, 4) is 23.3 Å². The Bertz CT molecular complexity index is 1140. The van der Waals surface area contributed by atoms with Crippen molar-refractivity contribution in [2.45, 2.75) is 19.5 Å². The summed E-state index contributed by atoms with van der Waals surface area (Å²) in [4.78, 5) is 15.2. The van der Waals surface area contributed by atoms with Gasteiger partial charge >= 0.3 is 0 Å². The second-order valence-electron chi connectivity index (χ2n) is 7.02. The number of benzene rings is 2. The van der Waals surface area contributed by atoms with Crippen LogP contribution in [0, 0.1) is 11.3 Å². The van der Waals surface area contributed by atoms with E-state index in [1.807, 2.05) is 42.5 Å².